The molecule has 0 spiro atoms. The second-order valence-electron chi connectivity index (χ2n) is 7.19. The molecule has 1 amide bonds. The first-order valence-electron chi connectivity index (χ1n) is 8.12. The van der Waals surface area contributed by atoms with Crippen LogP contribution in [0, 0.1) is 10.8 Å². The molecule has 2 heterocycles. The van der Waals surface area contributed by atoms with Crippen molar-refractivity contribution in [1.29, 1.82) is 0 Å². The lowest BCUT2D eigenvalue weighted by atomic mass is 9.64. The molecular weight excluding hydrogens is 330 g/mol. The Balaban J connectivity index is 2.22. The van der Waals surface area contributed by atoms with Gasteiger partial charge in [-0.1, -0.05) is 6.92 Å². The Hall–Kier alpha value is -1.70. The van der Waals surface area contributed by atoms with E-state index in [1.807, 2.05) is 18.7 Å². The number of hydrogen-bond acceptors (Lipinski definition) is 5. The Morgan fingerprint density at radius 1 is 1.17 bits per heavy atom. The van der Waals surface area contributed by atoms with E-state index in [4.69, 9.17) is 12.2 Å². The maximum atomic E-state index is 12.9. The van der Waals surface area contributed by atoms with Crippen LogP contribution in [0.5, 0.6) is 0 Å². The number of methoxy groups -OCH3 is 1. The summed E-state index contributed by atoms with van der Waals surface area (Å²) in [6.07, 6.45) is 0.961. The van der Waals surface area contributed by atoms with Gasteiger partial charge in [0.25, 0.3) is 0 Å². The van der Waals surface area contributed by atoms with Gasteiger partial charge in [-0.25, -0.2) is 4.79 Å². The molecule has 2 atom stereocenters. The maximum Gasteiger partial charge on any atom is 0.396 e. The lowest BCUT2D eigenvalue weighted by Gasteiger charge is -2.55. The van der Waals surface area contributed by atoms with Crippen molar-refractivity contribution in [3.8, 4) is 0 Å². The summed E-state index contributed by atoms with van der Waals surface area (Å²) in [7, 11) is 1.18. The molecule has 2 fully saturated rings. The third kappa shape index (κ3) is 3.24. The summed E-state index contributed by atoms with van der Waals surface area (Å²) >= 11 is 5.45. The fourth-order valence-electron chi connectivity index (χ4n) is 3.76. The Bertz CT molecular complexity index is 558. The number of amides is 1. The SMILES string of the molecule is CCCNC(=S)N1C[C@]2(C)CN(C(=O)C(=O)OC)C[C@@](C)(C1)C2=O. The molecule has 2 saturated heterocycles. The van der Waals surface area contributed by atoms with Crippen LogP contribution in [0.1, 0.15) is 27.2 Å². The minimum Gasteiger partial charge on any atom is -0.462 e. The molecule has 0 aromatic carbocycles. The van der Waals surface area contributed by atoms with E-state index in [9.17, 15) is 14.4 Å². The normalized spacial score (nSPS) is 29.2. The summed E-state index contributed by atoms with van der Waals surface area (Å²) in [6.45, 7) is 7.76. The number of nitrogens with zero attached hydrogens (tertiary/aromatic N) is 2. The van der Waals surface area contributed by atoms with Crippen molar-refractivity contribution in [3.63, 3.8) is 0 Å². The number of carbonyl (C=O) groups is 3. The van der Waals surface area contributed by atoms with Crippen molar-refractivity contribution in [2.24, 2.45) is 10.8 Å². The lowest BCUT2D eigenvalue weighted by Crippen LogP contribution is -2.70. The van der Waals surface area contributed by atoms with Gasteiger partial charge in [0.05, 0.1) is 17.9 Å². The number of ether oxygens (including phenoxy) is 1. The van der Waals surface area contributed by atoms with E-state index in [0.717, 1.165) is 13.0 Å². The minimum absolute atomic E-state index is 0.124. The number of Topliss-reactive ketones (excluding diaryl/α,β-unsaturated/α-hetero) is 1. The number of ketones is 1. The van der Waals surface area contributed by atoms with Gasteiger partial charge in [-0.05, 0) is 32.5 Å². The quantitative estimate of drug-likeness (QED) is 0.430. The van der Waals surface area contributed by atoms with Gasteiger partial charge in [-0.3, -0.25) is 9.59 Å². The van der Waals surface area contributed by atoms with Crippen molar-refractivity contribution in [1.82, 2.24) is 15.1 Å². The predicted molar refractivity (Wildman–Crippen MR) is 92.3 cm³/mol. The highest BCUT2D eigenvalue weighted by molar-refractivity contribution is 7.80. The predicted octanol–water partition coefficient (Wildman–Crippen LogP) is 0.183. The second-order valence-corrected chi connectivity index (χ2v) is 7.58. The summed E-state index contributed by atoms with van der Waals surface area (Å²) in [4.78, 5) is 40.1. The molecule has 8 heteroatoms. The summed E-state index contributed by atoms with van der Waals surface area (Å²) in [5.74, 6) is -1.47. The molecule has 2 rings (SSSR count). The fraction of sp³-hybridized carbons (Fsp3) is 0.750. The van der Waals surface area contributed by atoms with Crippen molar-refractivity contribution in [2.75, 3.05) is 39.8 Å². The number of piperidine rings is 2. The van der Waals surface area contributed by atoms with Crippen LogP contribution in [0.2, 0.25) is 0 Å². The van der Waals surface area contributed by atoms with Crippen LogP contribution in [0.25, 0.3) is 0 Å². The zero-order valence-corrected chi connectivity index (χ0v) is 15.5. The van der Waals surface area contributed by atoms with Crippen molar-refractivity contribution in [3.05, 3.63) is 0 Å². The molecule has 2 aliphatic rings. The van der Waals surface area contributed by atoms with E-state index in [1.165, 1.54) is 12.0 Å². The molecule has 1 N–H and O–H groups in total. The van der Waals surface area contributed by atoms with Gasteiger partial charge in [0.15, 0.2) is 10.9 Å². The van der Waals surface area contributed by atoms with Crippen LogP contribution in [0.15, 0.2) is 0 Å². The number of likely N-dealkylation sites (tertiary alicyclic amines) is 2. The largest absolute Gasteiger partial charge is 0.462 e. The first-order valence-corrected chi connectivity index (χ1v) is 8.52. The van der Waals surface area contributed by atoms with E-state index >= 15 is 0 Å². The highest BCUT2D eigenvalue weighted by atomic mass is 32.1. The summed E-state index contributed by atoms with van der Waals surface area (Å²) in [5, 5.41) is 3.83. The summed E-state index contributed by atoms with van der Waals surface area (Å²) < 4.78 is 4.53. The van der Waals surface area contributed by atoms with Gasteiger partial charge >= 0.3 is 11.9 Å². The molecule has 24 heavy (non-hydrogen) atoms. The van der Waals surface area contributed by atoms with E-state index in [1.54, 1.807) is 0 Å². The average molecular weight is 355 g/mol. The van der Waals surface area contributed by atoms with Gasteiger partial charge in [0.2, 0.25) is 0 Å². The second kappa shape index (κ2) is 6.66. The van der Waals surface area contributed by atoms with Crippen LogP contribution in [0.3, 0.4) is 0 Å². The monoisotopic (exact) mass is 355 g/mol. The van der Waals surface area contributed by atoms with E-state index in [0.29, 0.717) is 18.2 Å². The minimum atomic E-state index is -0.897. The zero-order valence-electron chi connectivity index (χ0n) is 14.7. The van der Waals surface area contributed by atoms with E-state index < -0.39 is 22.7 Å². The Morgan fingerprint density at radius 2 is 1.67 bits per heavy atom. The Labute approximate surface area is 147 Å². The average Bonchev–Trinajstić information content (AvgIpc) is 2.53. The first kappa shape index (κ1) is 18.6. The number of esters is 1. The molecule has 0 aliphatic carbocycles. The van der Waals surface area contributed by atoms with Gasteiger partial charge in [0.1, 0.15) is 0 Å². The first-order chi connectivity index (χ1) is 11.2. The van der Waals surface area contributed by atoms with Gasteiger partial charge in [0, 0.05) is 32.7 Å². The molecule has 0 aromatic heterocycles. The lowest BCUT2D eigenvalue weighted by molar-refractivity contribution is -0.168. The molecular formula is C16H25N3O4S. The highest BCUT2D eigenvalue weighted by Gasteiger charge is 2.57. The summed E-state index contributed by atoms with van der Waals surface area (Å²) in [5.41, 5.74) is -1.51. The van der Waals surface area contributed by atoms with Crippen molar-refractivity contribution >= 4 is 35.0 Å². The number of thiocarbonyl (C=S) groups is 1. The molecule has 0 radical (unpaired) electrons. The highest BCUT2D eigenvalue weighted by Crippen LogP contribution is 2.42. The molecule has 2 bridgehead atoms. The number of rotatable bonds is 2. The van der Waals surface area contributed by atoms with E-state index in [2.05, 4.69) is 17.0 Å². The molecule has 0 unspecified atom stereocenters. The molecule has 0 saturated carbocycles. The summed E-state index contributed by atoms with van der Waals surface area (Å²) in [6, 6.07) is 0. The number of fused-ring (bicyclic) bond motifs is 2. The molecule has 7 nitrogen and oxygen atoms in total. The molecule has 2 aliphatic heterocycles. The fourth-order valence-corrected chi connectivity index (χ4v) is 3.99. The van der Waals surface area contributed by atoms with Gasteiger partial charge in [-0.15, -0.1) is 0 Å². The zero-order chi connectivity index (χ0) is 18.1. The topological polar surface area (TPSA) is 78.9 Å². The standard InChI is InChI=1S/C16H25N3O4S/c1-5-6-17-14(24)19-9-15(2)7-18(11(20)12(21)23-4)8-16(3,10-19)13(15)22/h5-10H2,1-4H3,(H,17,24)/t15-,16-/m0/s1. The van der Waals surface area contributed by atoms with Crippen LogP contribution < -0.4 is 5.32 Å². The third-order valence-corrected chi connectivity index (χ3v) is 5.12. The number of carbonyl (C=O) groups excluding carboxylic acids is 3. The molecule has 0 aromatic rings. The van der Waals surface area contributed by atoms with Crippen LogP contribution in [0.4, 0.5) is 0 Å². The van der Waals surface area contributed by atoms with Crippen LogP contribution in [-0.4, -0.2) is 72.4 Å². The Kier molecular flexibility index (Phi) is 5.17. The molecule has 134 valence electrons. The van der Waals surface area contributed by atoms with Crippen LogP contribution in [-0.2, 0) is 19.1 Å². The van der Waals surface area contributed by atoms with Crippen molar-refractivity contribution in [2.45, 2.75) is 27.2 Å². The van der Waals surface area contributed by atoms with Crippen molar-refractivity contribution < 1.29 is 19.1 Å². The third-order valence-electron chi connectivity index (χ3n) is 4.72. The number of nitrogens with one attached hydrogen (secondary N) is 1. The van der Waals surface area contributed by atoms with E-state index in [-0.39, 0.29) is 18.9 Å². The maximum absolute atomic E-state index is 12.9. The van der Waals surface area contributed by atoms with Gasteiger partial charge < -0.3 is 19.9 Å². The smallest absolute Gasteiger partial charge is 0.396 e. The van der Waals surface area contributed by atoms with Gasteiger partial charge in [-0.2, -0.15) is 0 Å². The number of hydrogen-bond donors (Lipinski definition) is 1. The Morgan fingerprint density at radius 3 is 2.12 bits per heavy atom. The van der Waals surface area contributed by atoms with Crippen LogP contribution >= 0.6 is 12.2 Å².